The Hall–Kier alpha value is -1.29. The lowest BCUT2D eigenvalue weighted by Gasteiger charge is -2.38. The van der Waals surface area contributed by atoms with Crippen LogP contribution in [-0.4, -0.2) is 28.6 Å². The molecule has 0 radical (unpaired) electrons. The molecule has 0 bridgehead atoms. The van der Waals surface area contributed by atoms with Gasteiger partial charge in [-0.2, -0.15) is 0 Å². The zero-order valence-corrected chi connectivity index (χ0v) is 10.3. The van der Waals surface area contributed by atoms with Crippen LogP contribution < -0.4 is 0 Å². The van der Waals surface area contributed by atoms with Gasteiger partial charge in [-0.05, 0) is 37.8 Å². The van der Waals surface area contributed by atoms with Crippen LogP contribution in [0, 0.1) is 5.92 Å². The first kappa shape index (κ1) is 12.2. The smallest absolute Gasteiger partial charge is 0.251 e. The monoisotopic (exact) mass is 237 g/mol. The molecule has 3 unspecified atom stereocenters. The van der Waals surface area contributed by atoms with Crippen molar-refractivity contribution in [3.8, 4) is 0 Å². The molecule has 1 amide bonds. The maximum Gasteiger partial charge on any atom is 0.251 e. The highest BCUT2D eigenvalue weighted by molar-refractivity contribution is 5.80. The van der Waals surface area contributed by atoms with Gasteiger partial charge in [0.15, 0.2) is 0 Å². The highest BCUT2D eigenvalue weighted by atomic mass is 16.3. The molecule has 17 heavy (non-hydrogen) atoms. The predicted octanol–water partition coefficient (Wildman–Crippen LogP) is 1.96. The minimum atomic E-state index is -0.944. The molecule has 0 saturated carbocycles. The Balaban J connectivity index is 2.20. The van der Waals surface area contributed by atoms with E-state index in [4.69, 9.17) is 4.42 Å². The minimum Gasteiger partial charge on any atom is -0.467 e. The van der Waals surface area contributed by atoms with E-state index in [1.165, 1.54) is 6.92 Å². The summed E-state index contributed by atoms with van der Waals surface area (Å²) in [5.74, 6) is 1.17. The number of nitrogens with zero attached hydrogens (tertiary/aromatic N) is 1. The summed E-state index contributed by atoms with van der Waals surface area (Å²) >= 11 is 0. The fourth-order valence-corrected chi connectivity index (χ4v) is 2.40. The predicted molar refractivity (Wildman–Crippen MR) is 63.2 cm³/mol. The molecule has 4 heteroatoms. The number of hydrogen-bond donors (Lipinski definition) is 1. The molecule has 94 valence electrons. The first-order valence-electron chi connectivity index (χ1n) is 6.11. The number of carbonyl (C=O) groups is 1. The van der Waals surface area contributed by atoms with E-state index in [1.807, 2.05) is 12.1 Å². The third kappa shape index (κ3) is 2.52. The molecule has 1 aromatic rings. The van der Waals surface area contributed by atoms with Gasteiger partial charge in [0.05, 0.1) is 12.3 Å². The van der Waals surface area contributed by atoms with E-state index in [-0.39, 0.29) is 11.9 Å². The normalized spacial score (nSPS) is 26.9. The van der Waals surface area contributed by atoms with Crippen molar-refractivity contribution < 1.29 is 14.3 Å². The molecule has 3 atom stereocenters. The van der Waals surface area contributed by atoms with Crippen molar-refractivity contribution in [2.24, 2.45) is 5.92 Å². The van der Waals surface area contributed by atoms with Crippen molar-refractivity contribution >= 4 is 5.91 Å². The number of aliphatic hydroxyl groups is 1. The second-order valence-electron chi connectivity index (χ2n) is 4.87. The van der Waals surface area contributed by atoms with E-state index < -0.39 is 6.10 Å². The fourth-order valence-electron chi connectivity index (χ4n) is 2.40. The van der Waals surface area contributed by atoms with Gasteiger partial charge in [-0.3, -0.25) is 4.79 Å². The second-order valence-corrected chi connectivity index (χ2v) is 4.87. The van der Waals surface area contributed by atoms with Crippen LogP contribution in [-0.2, 0) is 4.79 Å². The first-order valence-corrected chi connectivity index (χ1v) is 6.11. The van der Waals surface area contributed by atoms with E-state index in [0.29, 0.717) is 12.5 Å². The first-order chi connectivity index (χ1) is 8.09. The number of furan rings is 1. The SMILES string of the molecule is CC1CCN(C(=O)C(C)O)C(c2ccco2)C1. The molecule has 2 rings (SSSR count). The van der Waals surface area contributed by atoms with Gasteiger partial charge in [-0.1, -0.05) is 6.92 Å². The number of likely N-dealkylation sites (tertiary alicyclic amines) is 1. The summed E-state index contributed by atoms with van der Waals surface area (Å²) in [7, 11) is 0. The molecule has 1 N–H and O–H groups in total. The summed E-state index contributed by atoms with van der Waals surface area (Å²) in [6.45, 7) is 4.38. The standard InChI is InChI=1S/C13H19NO3/c1-9-5-6-14(13(16)10(2)15)11(8-9)12-4-3-7-17-12/h3-4,7,9-11,15H,5-6,8H2,1-2H3. The van der Waals surface area contributed by atoms with Crippen LogP contribution in [0.3, 0.4) is 0 Å². The van der Waals surface area contributed by atoms with Crippen molar-refractivity contribution in [1.82, 2.24) is 4.90 Å². The molecule has 4 nitrogen and oxygen atoms in total. The lowest BCUT2D eigenvalue weighted by molar-refractivity contribution is -0.144. The Labute approximate surface area is 101 Å². The van der Waals surface area contributed by atoms with Crippen molar-refractivity contribution in [3.05, 3.63) is 24.2 Å². The summed E-state index contributed by atoms with van der Waals surface area (Å²) in [5.41, 5.74) is 0. The Morgan fingerprint density at radius 2 is 2.41 bits per heavy atom. The van der Waals surface area contributed by atoms with Crippen molar-refractivity contribution in [1.29, 1.82) is 0 Å². The van der Waals surface area contributed by atoms with Crippen LogP contribution >= 0.6 is 0 Å². The molecule has 2 heterocycles. The van der Waals surface area contributed by atoms with E-state index >= 15 is 0 Å². The van der Waals surface area contributed by atoms with Crippen LogP contribution in [0.5, 0.6) is 0 Å². The average molecular weight is 237 g/mol. The van der Waals surface area contributed by atoms with Gasteiger partial charge in [0.2, 0.25) is 0 Å². The quantitative estimate of drug-likeness (QED) is 0.855. The Morgan fingerprint density at radius 1 is 1.65 bits per heavy atom. The molecule has 0 aromatic carbocycles. The second kappa shape index (κ2) is 4.92. The molecule has 1 aliphatic rings. The third-order valence-electron chi connectivity index (χ3n) is 3.38. The number of hydrogen-bond acceptors (Lipinski definition) is 3. The Bertz CT molecular complexity index is 372. The average Bonchev–Trinajstić information content (AvgIpc) is 2.81. The summed E-state index contributed by atoms with van der Waals surface area (Å²) < 4.78 is 5.41. The summed E-state index contributed by atoms with van der Waals surface area (Å²) in [4.78, 5) is 13.7. The van der Waals surface area contributed by atoms with Crippen molar-refractivity contribution in [2.75, 3.05) is 6.54 Å². The van der Waals surface area contributed by atoms with Crippen LogP contribution in [0.1, 0.15) is 38.5 Å². The Morgan fingerprint density at radius 3 is 3.00 bits per heavy atom. The lowest BCUT2D eigenvalue weighted by Crippen LogP contribution is -2.44. The van der Waals surface area contributed by atoms with Gasteiger partial charge in [-0.15, -0.1) is 0 Å². The lowest BCUT2D eigenvalue weighted by atomic mass is 9.90. The maximum absolute atomic E-state index is 11.9. The molecule has 1 aliphatic heterocycles. The number of aliphatic hydroxyl groups excluding tert-OH is 1. The van der Waals surface area contributed by atoms with E-state index in [9.17, 15) is 9.90 Å². The zero-order valence-electron chi connectivity index (χ0n) is 10.3. The van der Waals surface area contributed by atoms with Crippen LogP contribution in [0.25, 0.3) is 0 Å². The van der Waals surface area contributed by atoms with Gasteiger partial charge in [0, 0.05) is 6.54 Å². The van der Waals surface area contributed by atoms with Gasteiger partial charge < -0.3 is 14.4 Å². The summed E-state index contributed by atoms with van der Waals surface area (Å²) in [5, 5.41) is 9.43. The number of rotatable bonds is 2. The molecular weight excluding hydrogens is 218 g/mol. The summed E-state index contributed by atoms with van der Waals surface area (Å²) in [6.07, 6.45) is 2.56. The molecule has 1 aromatic heterocycles. The molecule has 1 fully saturated rings. The van der Waals surface area contributed by atoms with Crippen LogP contribution in [0.4, 0.5) is 0 Å². The summed E-state index contributed by atoms with van der Waals surface area (Å²) in [6, 6.07) is 3.70. The van der Waals surface area contributed by atoms with E-state index in [0.717, 1.165) is 18.6 Å². The number of carbonyl (C=O) groups excluding carboxylic acids is 1. The third-order valence-corrected chi connectivity index (χ3v) is 3.38. The molecule has 0 aliphatic carbocycles. The molecular formula is C13H19NO3. The van der Waals surface area contributed by atoms with Gasteiger partial charge in [0.25, 0.3) is 5.91 Å². The highest BCUT2D eigenvalue weighted by Crippen LogP contribution is 2.34. The van der Waals surface area contributed by atoms with Crippen LogP contribution in [0.15, 0.2) is 22.8 Å². The number of amides is 1. The Kier molecular flexibility index (Phi) is 3.52. The molecule has 0 spiro atoms. The van der Waals surface area contributed by atoms with E-state index in [1.54, 1.807) is 11.2 Å². The number of piperidine rings is 1. The van der Waals surface area contributed by atoms with Gasteiger partial charge in [0.1, 0.15) is 11.9 Å². The van der Waals surface area contributed by atoms with E-state index in [2.05, 4.69) is 6.92 Å². The maximum atomic E-state index is 11.9. The fraction of sp³-hybridized carbons (Fsp3) is 0.615. The minimum absolute atomic E-state index is 0.0316. The van der Waals surface area contributed by atoms with Crippen molar-refractivity contribution in [3.63, 3.8) is 0 Å². The highest BCUT2D eigenvalue weighted by Gasteiger charge is 2.33. The largest absolute Gasteiger partial charge is 0.467 e. The molecule has 1 saturated heterocycles. The van der Waals surface area contributed by atoms with Gasteiger partial charge >= 0.3 is 0 Å². The zero-order chi connectivity index (χ0) is 12.4. The van der Waals surface area contributed by atoms with Gasteiger partial charge in [-0.25, -0.2) is 0 Å². The van der Waals surface area contributed by atoms with Crippen LogP contribution in [0.2, 0.25) is 0 Å². The van der Waals surface area contributed by atoms with Crippen molar-refractivity contribution in [2.45, 2.75) is 38.8 Å². The topological polar surface area (TPSA) is 53.7 Å².